The second-order valence-corrected chi connectivity index (χ2v) is 3.08. The molecule has 0 aromatic carbocycles. The summed E-state index contributed by atoms with van der Waals surface area (Å²) in [6, 6.07) is 0. The lowest BCUT2D eigenvalue weighted by molar-refractivity contribution is 0.0719. The van der Waals surface area contributed by atoms with Crippen molar-refractivity contribution in [2.24, 2.45) is 0 Å². The fraction of sp³-hybridized carbons (Fsp3) is 0.571. The molecule has 0 aliphatic rings. The maximum absolute atomic E-state index is 10.8. The maximum Gasteiger partial charge on any atom is 0.284 e. The molecule has 0 atom stereocenters. The molecule has 56 valence electrons. The molecule has 0 fully saturated rings. The molecule has 0 bridgehead atoms. The Kier molecular flexibility index (Phi) is 3.20. The van der Waals surface area contributed by atoms with Crippen LogP contribution in [-0.2, 0) is 4.74 Å². The smallest absolute Gasteiger partial charge is 0.284 e. The number of hydrogen-bond acceptors (Lipinski definition) is 2. The van der Waals surface area contributed by atoms with Gasteiger partial charge < -0.3 is 4.74 Å². The lowest BCUT2D eigenvalue weighted by Gasteiger charge is -2.18. The van der Waals surface area contributed by atoms with Gasteiger partial charge in [0.05, 0.1) is 0 Å². The molecular formula is C7H13BO2. The van der Waals surface area contributed by atoms with Crippen LogP contribution in [0.2, 0.25) is 0 Å². The molecule has 3 heteroatoms. The van der Waals surface area contributed by atoms with Gasteiger partial charge in [0.1, 0.15) is 5.60 Å². The van der Waals surface area contributed by atoms with Gasteiger partial charge in [0.25, 0.3) is 13.1 Å². The van der Waals surface area contributed by atoms with E-state index in [-0.39, 0.29) is 18.7 Å². The van der Waals surface area contributed by atoms with Crippen molar-refractivity contribution in [3.8, 4) is 0 Å². The molecule has 0 amide bonds. The van der Waals surface area contributed by atoms with Crippen LogP contribution in [0.1, 0.15) is 20.8 Å². The van der Waals surface area contributed by atoms with Crippen LogP contribution in [0, 0.1) is 0 Å². The molecule has 0 aliphatic heterocycles. The molecule has 0 rings (SSSR count). The Hall–Kier alpha value is -0.725. The molecule has 0 heterocycles. The van der Waals surface area contributed by atoms with Crippen molar-refractivity contribution < 1.29 is 9.53 Å². The van der Waals surface area contributed by atoms with E-state index < -0.39 is 0 Å². The van der Waals surface area contributed by atoms with E-state index in [0.717, 1.165) is 0 Å². The van der Waals surface area contributed by atoms with Crippen molar-refractivity contribution in [2.75, 3.05) is 0 Å². The average molecular weight is 140 g/mol. The third-order valence-corrected chi connectivity index (χ3v) is 0.731. The first-order valence-corrected chi connectivity index (χ1v) is 3.28. The highest BCUT2D eigenvalue weighted by Crippen LogP contribution is 2.06. The van der Waals surface area contributed by atoms with Crippen molar-refractivity contribution in [1.29, 1.82) is 0 Å². The van der Waals surface area contributed by atoms with Crippen LogP contribution >= 0.6 is 0 Å². The molecule has 0 aromatic rings. The molecule has 0 aliphatic carbocycles. The highest BCUT2D eigenvalue weighted by molar-refractivity contribution is 6.75. The third-order valence-electron chi connectivity index (χ3n) is 0.731. The van der Waals surface area contributed by atoms with Crippen molar-refractivity contribution >= 4 is 13.1 Å². The monoisotopic (exact) mass is 140 g/mol. The van der Waals surface area contributed by atoms with Crippen LogP contribution in [0.5, 0.6) is 0 Å². The molecule has 2 nitrogen and oxygen atoms in total. The molecule has 0 radical (unpaired) electrons. The highest BCUT2D eigenvalue weighted by atomic mass is 16.5. The minimum absolute atomic E-state index is 0.220. The molecule has 0 aromatic heterocycles. The van der Waals surface area contributed by atoms with Crippen LogP contribution in [0.15, 0.2) is 12.6 Å². The van der Waals surface area contributed by atoms with Gasteiger partial charge in [0.2, 0.25) is 0 Å². The number of hydrogen-bond donors (Lipinski definition) is 0. The van der Waals surface area contributed by atoms with E-state index in [9.17, 15) is 4.79 Å². The van der Waals surface area contributed by atoms with Gasteiger partial charge in [0.15, 0.2) is 0 Å². The standard InChI is InChI=1S/C7H13BO2/c1-5-8-6(9)10-7(2,3)4/h5,8H,1H2,2-4H3. The second kappa shape index (κ2) is 3.45. The maximum atomic E-state index is 10.8. The molecule has 10 heavy (non-hydrogen) atoms. The Morgan fingerprint density at radius 3 is 2.40 bits per heavy atom. The topological polar surface area (TPSA) is 26.3 Å². The third kappa shape index (κ3) is 5.41. The van der Waals surface area contributed by atoms with Gasteiger partial charge in [-0.25, -0.2) is 0 Å². The van der Waals surface area contributed by atoms with Gasteiger partial charge in [0, 0.05) is 0 Å². The van der Waals surface area contributed by atoms with E-state index in [0.29, 0.717) is 0 Å². The van der Waals surface area contributed by atoms with Crippen molar-refractivity contribution in [2.45, 2.75) is 26.4 Å². The Bertz CT molecular complexity index is 135. The highest BCUT2D eigenvalue weighted by Gasteiger charge is 2.14. The second-order valence-electron chi connectivity index (χ2n) is 3.08. The largest absolute Gasteiger partial charge is 0.468 e. The van der Waals surface area contributed by atoms with Crippen LogP contribution in [0.4, 0.5) is 4.79 Å². The van der Waals surface area contributed by atoms with E-state index in [2.05, 4.69) is 6.58 Å². The first kappa shape index (κ1) is 9.27. The average Bonchev–Trinajstić information content (AvgIpc) is 1.59. The van der Waals surface area contributed by atoms with Crippen LogP contribution in [-0.4, -0.2) is 18.7 Å². The Morgan fingerprint density at radius 2 is 2.10 bits per heavy atom. The lowest BCUT2D eigenvalue weighted by Crippen LogP contribution is -2.25. The summed E-state index contributed by atoms with van der Waals surface area (Å²) in [6.07, 6.45) is 0. The zero-order valence-electron chi connectivity index (χ0n) is 6.81. The van der Waals surface area contributed by atoms with Crippen molar-refractivity contribution in [1.82, 2.24) is 0 Å². The fourth-order valence-electron chi connectivity index (χ4n) is 0.501. The number of ether oxygens (including phenoxy) is 1. The quantitative estimate of drug-likeness (QED) is 0.543. The summed E-state index contributed by atoms with van der Waals surface area (Å²) in [5.41, 5.74) is -0.375. The predicted octanol–water partition coefficient (Wildman–Crippen LogP) is 1.50. The number of rotatable bonds is 2. The molecule has 0 unspecified atom stereocenters. The van der Waals surface area contributed by atoms with Gasteiger partial charge in [-0.2, -0.15) is 0 Å². The molecule has 0 saturated heterocycles. The van der Waals surface area contributed by atoms with Gasteiger partial charge >= 0.3 is 0 Å². The van der Waals surface area contributed by atoms with Gasteiger partial charge in [-0.3, -0.25) is 4.79 Å². The summed E-state index contributed by atoms with van der Waals surface area (Å²) < 4.78 is 4.97. The summed E-state index contributed by atoms with van der Waals surface area (Å²) in [5.74, 6) is 1.32. The Balaban J connectivity index is 3.68. The fourth-order valence-corrected chi connectivity index (χ4v) is 0.501. The van der Waals surface area contributed by atoms with Crippen molar-refractivity contribution in [3.05, 3.63) is 12.6 Å². The molecule has 0 N–H and O–H groups in total. The summed E-state index contributed by atoms with van der Waals surface area (Å²) in [4.78, 5) is 10.8. The zero-order valence-corrected chi connectivity index (χ0v) is 6.81. The zero-order chi connectivity index (χ0) is 8.20. The molecule has 0 saturated carbocycles. The molecular weight excluding hydrogens is 127 g/mol. The van der Waals surface area contributed by atoms with Gasteiger partial charge in [-0.05, 0) is 20.8 Å². The SMILES string of the molecule is C=CBC(=O)OC(C)(C)C. The summed E-state index contributed by atoms with van der Waals surface area (Å²) in [7, 11) is 0.289. The summed E-state index contributed by atoms with van der Waals surface area (Å²) in [5, 5.41) is 0. The van der Waals surface area contributed by atoms with Crippen LogP contribution < -0.4 is 0 Å². The normalized spacial score (nSPS) is 10.3. The number of carbonyl (C=O) groups is 1. The molecule has 0 spiro atoms. The minimum atomic E-state index is -0.375. The minimum Gasteiger partial charge on any atom is -0.468 e. The van der Waals surface area contributed by atoms with E-state index >= 15 is 0 Å². The Labute approximate surface area is 62.5 Å². The van der Waals surface area contributed by atoms with Crippen molar-refractivity contribution in [3.63, 3.8) is 0 Å². The van der Waals surface area contributed by atoms with Gasteiger partial charge in [-0.15, -0.1) is 12.6 Å². The summed E-state index contributed by atoms with van der Waals surface area (Å²) in [6.45, 7) is 8.95. The van der Waals surface area contributed by atoms with Gasteiger partial charge in [-0.1, -0.05) is 0 Å². The predicted molar refractivity (Wildman–Crippen MR) is 43.6 cm³/mol. The first-order chi connectivity index (χ1) is 4.45. The van der Waals surface area contributed by atoms with Crippen LogP contribution in [0.25, 0.3) is 0 Å². The van der Waals surface area contributed by atoms with E-state index in [1.807, 2.05) is 20.8 Å². The van der Waals surface area contributed by atoms with E-state index in [4.69, 9.17) is 4.74 Å². The number of carbonyl (C=O) groups excluding carboxylic acids is 1. The van der Waals surface area contributed by atoms with E-state index in [1.165, 1.54) is 5.98 Å². The Morgan fingerprint density at radius 1 is 1.60 bits per heavy atom. The van der Waals surface area contributed by atoms with Crippen LogP contribution in [0.3, 0.4) is 0 Å². The van der Waals surface area contributed by atoms with E-state index in [1.54, 1.807) is 0 Å². The first-order valence-electron chi connectivity index (χ1n) is 3.28. The summed E-state index contributed by atoms with van der Waals surface area (Å²) >= 11 is 0. The lowest BCUT2D eigenvalue weighted by atomic mass is 9.79.